The van der Waals surface area contributed by atoms with Crippen molar-refractivity contribution in [3.05, 3.63) is 0 Å². The van der Waals surface area contributed by atoms with Gasteiger partial charge < -0.3 is 21.3 Å². The summed E-state index contributed by atoms with van der Waals surface area (Å²) < 4.78 is 4.62. The number of hydrogen-bond donors (Lipinski definition) is 3. The van der Waals surface area contributed by atoms with Crippen LogP contribution in [0.1, 0.15) is 0 Å². The summed E-state index contributed by atoms with van der Waals surface area (Å²) >= 11 is 0. The second-order valence-electron chi connectivity index (χ2n) is 1.89. The Bertz CT molecular complexity index is 86.1. The number of nitrogens with two attached hydrogens (primary N) is 2. The van der Waals surface area contributed by atoms with E-state index in [1.807, 2.05) is 0 Å². The highest BCUT2D eigenvalue weighted by atomic mass is 16.7. The monoisotopic (exact) mass is 118 g/mol. The molecular formula is C4H10N2O2. The Kier molecular flexibility index (Phi) is 1.48. The number of aliphatic hydroxyl groups excluding tert-OH is 1. The molecule has 0 bridgehead atoms. The molecule has 3 atom stereocenters. The Morgan fingerprint density at radius 1 is 1.75 bits per heavy atom. The van der Waals surface area contributed by atoms with Crippen LogP contribution in [0.5, 0.6) is 0 Å². The van der Waals surface area contributed by atoms with Crippen LogP contribution in [0.2, 0.25) is 0 Å². The van der Waals surface area contributed by atoms with Gasteiger partial charge in [0.2, 0.25) is 0 Å². The lowest BCUT2D eigenvalue weighted by Gasteiger charge is -2.00. The van der Waals surface area contributed by atoms with E-state index in [1.165, 1.54) is 0 Å². The molecule has 2 unspecified atom stereocenters. The Morgan fingerprint density at radius 2 is 2.25 bits per heavy atom. The van der Waals surface area contributed by atoms with Crippen LogP contribution < -0.4 is 11.5 Å². The average molecular weight is 118 g/mol. The predicted molar refractivity (Wildman–Crippen MR) is 27.9 cm³/mol. The molecule has 5 N–H and O–H groups in total. The highest BCUT2D eigenvalue weighted by Gasteiger charge is 2.41. The van der Waals surface area contributed by atoms with Gasteiger partial charge in [-0.1, -0.05) is 0 Å². The Balaban J connectivity index is 2.18. The molecule has 48 valence electrons. The third-order valence-corrected chi connectivity index (χ3v) is 1.20. The molecule has 1 heterocycles. The lowest BCUT2D eigenvalue weighted by molar-refractivity contribution is 0.156. The van der Waals surface area contributed by atoms with E-state index in [-0.39, 0.29) is 12.1 Å². The molecule has 0 amide bonds. The summed E-state index contributed by atoms with van der Waals surface area (Å²) in [6.45, 7) is 0.363. The van der Waals surface area contributed by atoms with Gasteiger partial charge in [0, 0.05) is 12.6 Å². The predicted octanol–water partition coefficient (Wildman–Crippen LogP) is -2.01. The topological polar surface area (TPSA) is 84.8 Å². The van der Waals surface area contributed by atoms with Crippen molar-refractivity contribution < 1.29 is 9.84 Å². The SMILES string of the molecule is NC[C@H](N)C1OC1O. The zero-order valence-corrected chi connectivity index (χ0v) is 4.45. The molecule has 1 rings (SSSR count). The highest BCUT2D eigenvalue weighted by molar-refractivity contribution is 4.86. The normalized spacial score (nSPS) is 39.4. The van der Waals surface area contributed by atoms with Gasteiger partial charge in [-0.15, -0.1) is 0 Å². The smallest absolute Gasteiger partial charge is 0.183 e. The average Bonchev–Trinajstić information content (AvgIpc) is 2.45. The zero-order chi connectivity index (χ0) is 6.15. The van der Waals surface area contributed by atoms with E-state index in [9.17, 15) is 0 Å². The van der Waals surface area contributed by atoms with E-state index in [4.69, 9.17) is 16.6 Å². The standard InChI is InChI=1S/C4H10N2O2/c5-1-2(6)3-4(7)8-3/h2-4,7H,1,5-6H2/t2-,3?,4?/m0/s1. The minimum atomic E-state index is -0.659. The molecule has 1 aliphatic rings. The van der Waals surface area contributed by atoms with Gasteiger partial charge in [0.25, 0.3) is 0 Å². The van der Waals surface area contributed by atoms with Crippen molar-refractivity contribution in [3.8, 4) is 0 Å². The molecule has 4 heteroatoms. The summed E-state index contributed by atoms with van der Waals surface area (Å²) in [5.41, 5.74) is 10.5. The second kappa shape index (κ2) is 1.99. The van der Waals surface area contributed by atoms with Crippen LogP contribution in [-0.2, 0) is 4.74 Å². The molecule has 1 saturated heterocycles. The summed E-state index contributed by atoms with van der Waals surface area (Å²) in [5, 5.41) is 8.57. The van der Waals surface area contributed by atoms with Crippen LogP contribution in [0.4, 0.5) is 0 Å². The molecule has 8 heavy (non-hydrogen) atoms. The van der Waals surface area contributed by atoms with E-state index >= 15 is 0 Å². The van der Waals surface area contributed by atoms with E-state index in [2.05, 4.69) is 4.74 Å². The van der Waals surface area contributed by atoms with Crippen LogP contribution >= 0.6 is 0 Å². The van der Waals surface area contributed by atoms with Gasteiger partial charge in [0.05, 0.1) is 0 Å². The lowest BCUT2D eigenvalue weighted by atomic mass is 10.2. The van der Waals surface area contributed by atoms with E-state index in [1.54, 1.807) is 0 Å². The van der Waals surface area contributed by atoms with Crippen molar-refractivity contribution in [2.24, 2.45) is 11.5 Å². The van der Waals surface area contributed by atoms with Crippen LogP contribution in [0, 0.1) is 0 Å². The first kappa shape index (κ1) is 5.97. The van der Waals surface area contributed by atoms with Gasteiger partial charge in [-0.05, 0) is 0 Å². The summed E-state index contributed by atoms with van der Waals surface area (Å²) in [4.78, 5) is 0. The van der Waals surface area contributed by atoms with Gasteiger partial charge in [0.15, 0.2) is 6.29 Å². The van der Waals surface area contributed by atoms with Crippen molar-refractivity contribution in [1.29, 1.82) is 0 Å². The van der Waals surface area contributed by atoms with Crippen molar-refractivity contribution in [2.75, 3.05) is 6.54 Å². The maximum absolute atomic E-state index is 8.57. The lowest BCUT2D eigenvalue weighted by Crippen LogP contribution is -2.35. The minimum absolute atomic E-state index is 0.204. The largest absolute Gasteiger partial charge is 0.366 e. The third kappa shape index (κ3) is 0.976. The zero-order valence-electron chi connectivity index (χ0n) is 4.45. The Labute approximate surface area is 47.4 Å². The van der Waals surface area contributed by atoms with Crippen molar-refractivity contribution in [1.82, 2.24) is 0 Å². The van der Waals surface area contributed by atoms with Crippen LogP contribution in [-0.4, -0.2) is 30.1 Å². The maximum Gasteiger partial charge on any atom is 0.183 e. The third-order valence-electron chi connectivity index (χ3n) is 1.20. The molecule has 0 spiro atoms. The number of ether oxygens (including phenoxy) is 1. The van der Waals surface area contributed by atoms with E-state index in [0.29, 0.717) is 6.54 Å². The molecule has 0 aliphatic carbocycles. The van der Waals surface area contributed by atoms with Crippen LogP contribution in [0.15, 0.2) is 0 Å². The summed E-state index contributed by atoms with van der Waals surface area (Å²) in [6.07, 6.45) is -0.867. The summed E-state index contributed by atoms with van der Waals surface area (Å²) in [7, 11) is 0. The van der Waals surface area contributed by atoms with Gasteiger partial charge in [0.1, 0.15) is 6.10 Å². The molecule has 1 fully saturated rings. The number of aliphatic hydroxyl groups is 1. The van der Waals surface area contributed by atoms with Gasteiger partial charge in [-0.25, -0.2) is 0 Å². The van der Waals surface area contributed by atoms with Crippen LogP contribution in [0.3, 0.4) is 0 Å². The fraction of sp³-hybridized carbons (Fsp3) is 1.00. The molecule has 0 saturated carbocycles. The first-order valence-electron chi connectivity index (χ1n) is 2.55. The number of rotatable bonds is 2. The first-order valence-corrected chi connectivity index (χ1v) is 2.55. The Morgan fingerprint density at radius 3 is 2.38 bits per heavy atom. The summed E-state index contributed by atoms with van der Waals surface area (Å²) in [5.74, 6) is 0. The van der Waals surface area contributed by atoms with Crippen molar-refractivity contribution in [3.63, 3.8) is 0 Å². The molecule has 0 aromatic carbocycles. The van der Waals surface area contributed by atoms with Gasteiger partial charge in [-0.2, -0.15) is 0 Å². The molecule has 1 aliphatic heterocycles. The van der Waals surface area contributed by atoms with Gasteiger partial charge >= 0.3 is 0 Å². The maximum atomic E-state index is 8.57. The van der Waals surface area contributed by atoms with Crippen molar-refractivity contribution >= 4 is 0 Å². The van der Waals surface area contributed by atoms with Gasteiger partial charge in [-0.3, -0.25) is 0 Å². The minimum Gasteiger partial charge on any atom is -0.366 e. The quantitative estimate of drug-likeness (QED) is 0.366. The second-order valence-corrected chi connectivity index (χ2v) is 1.89. The highest BCUT2D eigenvalue weighted by Crippen LogP contribution is 2.20. The fourth-order valence-corrected chi connectivity index (χ4v) is 0.562. The summed E-state index contributed by atoms with van der Waals surface area (Å²) in [6, 6.07) is -0.204. The molecule has 0 aromatic heterocycles. The van der Waals surface area contributed by atoms with Crippen LogP contribution in [0.25, 0.3) is 0 Å². The molecule has 0 aromatic rings. The molecule has 4 nitrogen and oxygen atoms in total. The molecular weight excluding hydrogens is 108 g/mol. The van der Waals surface area contributed by atoms with E-state index in [0.717, 1.165) is 0 Å². The van der Waals surface area contributed by atoms with Crippen molar-refractivity contribution in [2.45, 2.75) is 18.4 Å². The number of epoxide rings is 1. The molecule has 0 radical (unpaired) electrons. The first-order chi connectivity index (χ1) is 3.75. The van der Waals surface area contributed by atoms with E-state index < -0.39 is 6.29 Å². The fourth-order valence-electron chi connectivity index (χ4n) is 0.562. The Hall–Kier alpha value is -0.160. The number of hydrogen-bond acceptors (Lipinski definition) is 4.